The van der Waals surface area contributed by atoms with E-state index in [9.17, 15) is 14.7 Å². The van der Waals surface area contributed by atoms with Gasteiger partial charge in [0, 0.05) is 24.4 Å². The zero-order chi connectivity index (χ0) is 27.2. The van der Waals surface area contributed by atoms with E-state index < -0.39 is 12.3 Å². The Morgan fingerprint density at radius 1 is 1.00 bits per heavy atom. The van der Waals surface area contributed by atoms with Crippen molar-refractivity contribution in [3.8, 4) is 0 Å². The molecule has 0 radical (unpaired) electrons. The van der Waals surface area contributed by atoms with E-state index in [-0.39, 0.29) is 55.2 Å². The third-order valence-electron chi connectivity index (χ3n) is 6.54. The second-order valence-corrected chi connectivity index (χ2v) is 9.93. The minimum Gasteiger partial charge on any atom is -0.481 e. The van der Waals surface area contributed by atoms with E-state index in [1.807, 2.05) is 55.5 Å². The van der Waals surface area contributed by atoms with Gasteiger partial charge in [-0.05, 0) is 16.7 Å². The summed E-state index contributed by atoms with van der Waals surface area (Å²) in [5, 5.41) is 21.4. The molecule has 1 fully saturated rings. The Labute approximate surface area is 230 Å². The van der Waals surface area contributed by atoms with Crippen LogP contribution in [0.25, 0.3) is 0 Å². The van der Waals surface area contributed by atoms with Gasteiger partial charge in [-0.3, -0.25) is 9.59 Å². The molecule has 2 heterocycles. The van der Waals surface area contributed by atoms with E-state index in [0.29, 0.717) is 11.7 Å². The number of aliphatic hydroxyl groups is 1. The molecule has 202 valence electrons. The van der Waals surface area contributed by atoms with Crippen molar-refractivity contribution >= 4 is 35.1 Å². The van der Waals surface area contributed by atoms with Crippen LogP contribution in [0.15, 0.2) is 54.9 Å². The number of hydrogen-bond acceptors (Lipinski definition) is 6. The molecule has 4 rings (SSSR count). The fraction of sp³-hybridized carbons (Fsp3) is 0.370. The summed E-state index contributed by atoms with van der Waals surface area (Å²) < 4.78 is 14.6. The van der Waals surface area contributed by atoms with Crippen LogP contribution >= 0.6 is 23.2 Å². The fourth-order valence-electron chi connectivity index (χ4n) is 4.29. The van der Waals surface area contributed by atoms with Crippen molar-refractivity contribution in [1.82, 2.24) is 14.9 Å². The van der Waals surface area contributed by atoms with E-state index in [0.717, 1.165) is 22.3 Å². The molecule has 0 aliphatic carbocycles. The van der Waals surface area contributed by atoms with Gasteiger partial charge in [0.05, 0.1) is 38.1 Å². The number of benzene rings is 2. The molecule has 1 saturated heterocycles. The van der Waals surface area contributed by atoms with Crippen LogP contribution in [0.1, 0.15) is 54.4 Å². The number of aliphatic hydroxyl groups excluding tert-OH is 1. The average molecular weight is 562 g/mol. The molecule has 1 aliphatic heterocycles. The van der Waals surface area contributed by atoms with E-state index >= 15 is 0 Å². The Hall–Kier alpha value is -2.95. The van der Waals surface area contributed by atoms with Crippen molar-refractivity contribution in [2.24, 2.45) is 5.92 Å². The number of nitrogens with one attached hydrogen (secondary N) is 1. The van der Waals surface area contributed by atoms with Gasteiger partial charge in [0.25, 0.3) is 0 Å². The minimum atomic E-state index is -1.01. The van der Waals surface area contributed by atoms with E-state index in [2.05, 4.69) is 10.3 Å². The number of rotatable bonds is 10. The second kappa shape index (κ2) is 12.7. The Morgan fingerprint density at radius 3 is 2.26 bits per heavy atom. The Morgan fingerprint density at radius 2 is 1.66 bits per heavy atom. The number of aliphatic carboxylic acids is 1. The van der Waals surface area contributed by atoms with Crippen molar-refractivity contribution < 1.29 is 29.3 Å². The number of hydrogen-bond donors (Lipinski definition) is 3. The third kappa shape index (κ3) is 6.92. The molecule has 4 atom stereocenters. The number of carboxylic acids is 1. The zero-order valence-electron chi connectivity index (χ0n) is 20.7. The maximum absolute atomic E-state index is 11.8. The standard InChI is InChI=1S/C27H29Cl2N3O6/c1-16-21(13-32-15-31-25(28)26(32)29)37-27(38-24(16)19-6-4-18(14-33)5-7-19)20-8-2-17(3-9-20)12-30-22(34)10-11-23(35)36/h2-9,15-16,21,24,27,33H,10-14H2,1H3,(H,30,34)(H,35,36)/t16-,21+,24+,27+/m1/s1. The molecule has 0 saturated carbocycles. The van der Waals surface area contributed by atoms with Gasteiger partial charge in [-0.1, -0.05) is 78.7 Å². The van der Waals surface area contributed by atoms with Gasteiger partial charge in [0.15, 0.2) is 11.4 Å². The second-order valence-electron chi connectivity index (χ2n) is 9.21. The molecule has 1 amide bonds. The Balaban J connectivity index is 1.51. The molecular weight excluding hydrogens is 533 g/mol. The number of aromatic nitrogens is 2. The summed E-state index contributed by atoms with van der Waals surface area (Å²) in [7, 11) is 0. The molecule has 38 heavy (non-hydrogen) atoms. The van der Waals surface area contributed by atoms with Gasteiger partial charge in [0.1, 0.15) is 5.15 Å². The van der Waals surface area contributed by atoms with Crippen molar-refractivity contribution in [3.63, 3.8) is 0 Å². The highest BCUT2D eigenvalue weighted by Gasteiger charge is 2.38. The van der Waals surface area contributed by atoms with E-state index in [1.165, 1.54) is 0 Å². The molecule has 2 aromatic carbocycles. The van der Waals surface area contributed by atoms with Crippen LogP contribution in [-0.2, 0) is 38.8 Å². The molecule has 0 unspecified atom stereocenters. The molecule has 3 N–H and O–H groups in total. The minimum absolute atomic E-state index is 0.0397. The number of carbonyl (C=O) groups is 2. The molecule has 0 spiro atoms. The van der Waals surface area contributed by atoms with E-state index in [4.69, 9.17) is 37.8 Å². The van der Waals surface area contributed by atoms with E-state index in [1.54, 1.807) is 10.9 Å². The summed E-state index contributed by atoms with van der Waals surface area (Å²) in [6.45, 7) is 2.71. The highest BCUT2D eigenvalue weighted by Crippen LogP contribution is 2.42. The van der Waals surface area contributed by atoms with Crippen molar-refractivity contribution in [2.45, 2.75) is 58.0 Å². The SMILES string of the molecule is C[C@@H]1[C@H](Cn2cnc(Cl)c2Cl)O[C@H](c2ccc(CNC(=O)CCC(=O)O)cc2)O[C@@H]1c1ccc(CO)cc1. The van der Waals surface area contributed by atoms with Crippen LogP contribution < -0.4 is 5.32 Å². The van der Waals surface area contributed by atoms with Crippen LogP contribution in [0.4, 0.5) is 0 Å². The fourth-order valence-corrected chi connectivity index (χ4v) is 4.61. The summed E-state index contributed by atoms with van der Waals surface area (Å²) in [6, 6.07) is 15.1. The van der Waals surface area contributed by atoms with Crippen LogP contribution in [0.5, 0.6) is 0 Å². The molecule has 3 aromatic rings. The Bertz CT molecular complexity index is 1250. The predicted octanol–water partition coefficient (Wildman–Crippen LogP) is 4.65. The molecule has 9 nitrogen and oxygen atoms in total. The van der Waals surface area contributed by atoms with Crippen LogP contribution in [0.3, 0.4) is 0 Å². The number of nitrogens with zero attached hydrogens (tertiary/aromatic N) is 2. The van der Waals surface area contributed by atoms with Gasteiger partial charge in [0.2, 0.25) is 5.91 Å². The van der Waals surface area contributed by atoms with Gasteiger partial charge >= 0.3 is 5.97 Å². The zero-order valence-corrected chi connectivity index (χ0v) is 22.2. The number of imidazole rings is 1. The summed E-state index contributed by atoms with van der Waals surface area (Å²) in [5.74, 6) is -1.38. The summed E-state index contributed by atoms with van der Waals surface area (Å²) in [6.07, 6.45) is 0.0564. The number of amides is 1. The van der Waals surface area contributed by atoms with Crippen LogP contribution in [-0.4, -0.2) is 37.7 Å². The number of halogens is 2. The highest BCUT2D eigenvalue weighted by molar-refractivity contribution is 6.40. The summed E-state index contributed by atoms with van der Waals surface area (Å²) >= 11 is 12.4. The quantitative estimate of drug-likeness (QED) is 0.329. The lowest BCUT2D eigenvalue weighted by molar-refractivity contribution is -0.276. The molecule has 0 bridgehead atoms. The maximum atomic E-state index is 11.8. The lowest BCUT2D eigenvalue weighted by atomic mass is 9.90. The monoisotopic (exact) mass is 561 g/mol. The molecule has 1 aromatic heterocycles. The summed E-state index contributed by atoms with van der Waals surface area (Å²) in [4.78, 5) is 26.5. The van der Waals surface area contributed by atoms with Crippen molar-refractivity contribution in [2.75, 3.05) is 0 Å². The lowest BCUT2D eigenvalue weighted by Gasteiger charge is -2.41. The van der Waals surface area contributed by atoms with Crippen LogP contribution in [0.2, 0.25) is 10.3 Å². The number of ether oxygens (including phenoxy) is 2. The first-order valence-electron chi connectivity index (χ1n) is 12.2. The third-order valence-corrected chi connectivity index (χ3v) is 7.31. The first-order valence-corrected chi connectivity index (χ1v) is 12.9. The maximum Gasteiger partial charge on any atom is 0.303 e. The first-order chi connectivity index (χ1) is 18.2. The molecular formula is C27H29Cl2N3O6. The topological polar surface area (TPSA) is 123 Å². The van der Waals surface area contributed by atoms with Gasteiger partial charge in [-0.15, -0.1) is 0 Å². The number of carbonyl (C=O) groups excluding carboxylic acids is 1. The number of carboxylic acid groups (broad SMARTS) is 1. The largest absolute Gasteiger partial charge is 0.481 e. The molecule has 1 aliphatic rings. The van der Waals surface area contributed by atoms with Gasteiger partial charge in [-0.2, -0.15) is 0 Å². The van der Waals surface area contributed by atoms with Crippen molar-refractivity contribution in [3.05, 3.63) is 87.4 Å². The summed E-state index contributed by atoms with van der Waals surface area (Å²) in [5.41, 5.74) is 3.43. The highest BCUT2D eigenvalue weighted by atomic mass is 35.5. The normalized spacial score (nSPS) is 21.3. The molecule has 11 heteroatoms. The first kappa shape index (κ1) is 28.1. The smallest absolute Gasteiger partial charge is 0.303 e. The lowest BCUT2D eigenvalue weighted by Crippen LogP contribution is -2.39. The predicted molar refractivity (Wildman–Crippen MR) is 140 cm³/mol. The van der Waals surface area contributed by atoms with Gasteiger partial charge < -0.3 is 29.6 Å². The van der Waals surface area contributed by atoms with Crippen LogP contribution in [0, 0.1) is 5.92 Å². The van der Waals surface area contributed by atoms with Gasteiger partial charge in [-0.25, -0.2) is 4.98 Å². The van der Waals surface area contributed by atoms with Crippen molar-refractivity contribution in [1.29, 1.82) is 0 Å². The Kier molecular flexibility index (Phi) is 9.40. The average Bonchev–Trinajstić information content (AvgIpc) is 3.24.